The maximum Gasteiger partial charge on any atom is 0.280 e. The van der Waals surface area contributed by atoms with Crippen LogP contribution in [0.4, 0.5) is 9.52 Å². The van der Waals surface area contributed by atoms with E-state index in [0.717, 1.165) is 10.5 Å². The molecule has 1 aromatic carbocycles. The Hall–Kier alpha value is -2.45. The van der Waals surface area contributed by atoms with E-state index in [1.165, 1.54) is 24.3 Å². The van der Waals surface area contributed by atoms with Crippen molar-refractivity contribution in [3.8, 4) is 0 Å². The van der Waals surface area contributed by atoms with Crippen molar-refractivity contribution in [2.24, 2.45) is 5.16 Å². The number of sulfonamides is 1. The number of likely N-dealkylation sites (N-methyl/N-ethyl adjacent to an activating group) is 1. The van der Waals surface area contributed by atoms with Crippen molar-refractivity contribution in [3.05, 3.63) is 41.2 Å². The highest BCUT2D eigenvalue weighted by atomic mass is 32.2. The molecule has 0 bridgehead atoms. The first-order valence-corrected chi connectivity index (χ1v) is 12.1. The average molecular weight is 487 g/mol. The molecule has 10 nitrogen and oxygen atoms in total. The second-order valence-corrected chi connectivity index (χ2v) is 9.62. The first-order chi connectivity index (χ1) is 15.3. The van der Waals surface area contributed by atoms with Gasteiger partial charge in [-0.1, -0.05) is 35.5 Å². The summed E-state index contributed by atoms with van der Waals surface area (Å²) in [6.07, 6.45) is 1.28. The number of benzene rings is 1. The summed E-state index contributed by atoms with van der Waals surface area (Å²) in [5.41, 5.74) is 0.168. The van der Waals surface area contributed by atoms with E-state index in [-0.39, 0.29) is 41.5 Å². The Bertz CT molecular complexity index is 1050. The van der Waals surface area contributed by atoms with Crippen LogP contribution in [0.15, 0.2) is 40.5 Å². The zero-order valence-corrected chi connectivity index (χ0v) is 18.9. The number of anilines is 1. The molecule has 174 valence electrons. The standard InChI is InChI=1S/C19H23FN4O6S2/c1-2-24(8-9-25)32(27,28)15-5-3-13(4-6-15)17(23-30-14-7-10-29-12-14)18(26)22-19-21-11-16(20)31-19/h3-6,11,14,25H,2,7-10,12H2,1H3,(H,21,22,26)/t14-/m1/s1. The topological polar surface area (TPSA) is 130 Å². The van der Waals surface area contributed by atoms with E-state index < -0.39 is 21.1 Å². The number of thiazole rings is 1. The quantitative estimate of drug-likeness (QED) is 0.384. The summed E-state index contributed by atoms with van der Waals surface area (Å²) >= 11 is 0.657. The SMILES string of the molecule is CCN(CCO)S(=O)(=O)c1ccc(C(=NO[C@@H]2CCOC2)C(=O)Nc2ncc(F)s2)cc1. The Balaban J connectivity index is 1.86. The van der Waals surface area contributed by atoms with Crippen LogP contribution in [0.1, 0.15) is 18.9 Å². The van der Waals surface area contributed by atoms with E-state index in [4.69, 9.17) is 14.7 Å². The molecule has 0 spiro atoms. The van der Waals surface area contributed by atoms with Crippen LogP contribution in [-0.2, 0) is 24.4 Å². The van der Waals surface area contributed by atoms with Crippen LogP contribution in [0.2, 0.25) is 0 Å². The number of oxime groups is 1. The zero-order valence-electron chi connectivity index (χ0n) is 17.2. The maximum atomic E-state index is 13.2. The van der Waals surface area contributed by atoms with Crippen LogP contribution in [0.5, 0.6) is 0 Å². The third kappa shape index (κ3) is 5.86. The van der Waals surface area contributed by atoms with Gasteiger partial charge in [0.05, 0.1) is 30.9 Å². The Morgan fingerprint density at radius 1 is 1.44 bits per heavy atom. The highest BCUT2D eigenvalue weighted by Gasteiger charge is 2.24. The monoisotopic (exact) mass is 486 g/mol. The van der Waals surface area contributed by atoms with E-state index in [1.54, 1.807) is 6.92 Å². The maximum absolute atomic E-state index is 13.2. The van der Waals surface area contributed by atoms with E-state index in [0.29, 0.717) is 36.5 Å². The molecular weight excluding hydrogens is 463 g/mol. The van der Waals surface area contributed by atoms with Crippen molar-refractivity contribution in [2.75, 3.05) is 38.2 Å². The average Bonchev–Trinajstić information content (AvgIpc) is 3.44. The molecule has 2 heterocycles. The Kier molecular flexibility index (Phi) is 8.26. The number of nitrogens with one attached hydrogen (secondary N) is 1. The number of carbonyl (C=O) groups excluding carboxylic acids is 1. The molecule has 3 rings (SSSR count). The second kappa shape index (κ2) is 10.9. The lowest BCUT2D eigenvalue weighted by atomic mass is 10.1. The predicted octanol–water partition coefficient (Wildman–Crippen LogP) is 1.43. The van der Waals surface area contributed by atoms with Crippen molar-refractivity contribution < 1.29 is 32.3 Å². The lowest BCUT2D eigenvalue weighted by molar-refractivity contribution is -0.110. The number of carbonyl (C=O) groups is 1. The van der Waals surface area contributed by atoms with Crippen molar-refractivity contribution in [3.63, 3.8) is 0 Å². The van der Waals surface area contributed by atoms with Gasteiger partial charge in [-0.15, -0.1) is 0 Å². The van der Waals surface area contributed by atoms with Crippen LogP contribution in [0.25, 0.3) is 0 Å². The first-order valence-electron chi connectivity index (χ1n) is 9.80. The summed E-state index contributed by atoms with van der Waals surface area (Å²) < 4.78 is 45.1. The van der Waals surface area contributed by atoms with Gasteiger partial charge in [-0.25, -0.2) is 13.4 Å². The van der Waals surface area contributed by atoms with Crippen LogP contribution in [0, 0.1) is 5.13 Å². The smallest absolute Gasteiger partial charge is 0.280 e. The number of hydrogen-bond acceptors (Lipinski definition) is 9. The first kappa shape index (κ1) is 24.2. The molecule has 0 unspecified atom stereocenters. The third-order valence-electron chi connectivity index (χ3n) is 4.56. The van der Waals surface area contributed by atoms with Gasteiger partial charge in [-0.3, -0.25) is 10.1 Å². The van der Waals surface area contributed by atoms with Crippen LogP contribution >= 0.6 is 11.3 Å². The lowest BCUT2D eigenvalue weighted by Gasteiger charge is -2.19. The van der Waals surface area contributed by atoms with Gasteiger partial charge in [-0.2, -0.15) is 8.70 Å². The fourth-order valence-corrected chi connectivity index (χ4v) is 4.89. The fourth-order valence-electron chi connectivity index (χ4n) is 2.91. The van der Waals surface area contributed by atoms with Crippen LogP contribution < -0.4 is 5.32 Å². The van der Waals surface area contributed by atoms with Crippen molar-refractivity contribution in [2.45, 2.75) is 24.3 Å². The summed E-state index contributed by atoms with van der Waals surface area (Å²) in [5, 5.41) is 15.0. The summed E-state index contributed by atoms with van der Waals surface area (Å²) in [5.74, 6) is -0.690. The molecule has 0 saturated carbocycles. The van der Waals surface area contributed by atoms with Crippen molar-refractivity contribution >= 4 is 38.1 Å². The van der Waals surface area contributed by atoms with Crippen LogP contribution in [-0.4, -0.2) is 73.4 Å². The molecule has 1 aliphatic heterocycles. The molecule has 2 N–H and O–H groups in total. The number of hydrogen-bond donors (Lipinski definition) is 2. The molecular formula is C19H23FN4O6S2. The molecule has 32 heavy (non-hydrogen) atoms. The molecule has 1 fully saturated rings. The van der Waals surface area contributed by atoms with Gasteiger partial charge in [0, 0.05) is 25.1 Å². The van der Waals surface area contributed by atoms with E-state index in [9.17, 15) is 17.6 Å². The Labute approximate surface area is 188 Å². The minimum absolute atomic E-state index is 0.00316. The van der Waals surface area contributed by atoms with E-state index in [2.05, 4.69) is 15.5 Å². The molecule has 1 atom stereocenters. The van der Waals surface area contributed by atoms with Gasteiger partial charge in [0.15, 0.2) is 22.1 Å². The number of aliphatic hydroxyl groups excluding tert-OH is 1. The summed E-state index contributed by atoms with van der Waals surface area (Å²) in [6.45, 7) is 2.39. The molecule has 1 aliphatic rings. The molecule has 0 radical (unpaired) electrons. The zero-order chi connectivity index (χ0) is 23.1. The summed E-state index contributed by atoms with van der Waals surface area (Å²) in [7, 11) is -3.81. The molecule has 1 amide bonds. The molecule has 1 saturated heterocycles. The normalized spacial score (nSPS) is 17.0. The highest BCUT2D eigenvalue weighted by Crippen LogP contribution is 2.19. The van der Waals surface area contributed by atoms with E-state index in [1.807, 2.05) is 0 Å². The van der Waals surface area contributed by atoms with Gasteiger partial charge < -0.3 is 14.7 Å². The van der Waals surface area contributed by atoms with Gasteiger partial charge in [0.2, 0.25) is 10.0 Å². The largest absolute Gasteiger partial charge is 0.395 e. The van der Waals surface area contributed by atoms with Gasteiger partial charge >= 0.3 is 0 Å². The summed E-state index contributed by atoms with van der Waals surface area (Å²) in [6, 6.07) is 5.54. The number of amides is 1. The number of aliphatic hydroxyl groups is 1. The van der Waals surface area contributed by atoms with Crippen molar-refractivity contribution in [1.29, 1.82) is 0 Å². The minimum atomic E-state index is -3.81. The third-order valence-corrected chi connectivity index (χ3v) is 7.25. The Morgan fingerprint density at radius 2 is 2.19 bits per heavy atom. The highest BCUT2D eigenvalue weighted by molar-refractivity contribution is 7.89. The van der Waals surface area contributed by atoms with Crippen LogP contribution in [0.3, 0.4) is 0 Å². The van der Waals surface area contributed by atoms with Gasteiger partial charge in [-0.05, 0) is 12.1 Å². The van der Waals surface area contributed by atoms with Gasteiger partial charge in [0.1, 0.15) is 0 Å². The second-order valence-electron chi connectivity index (χ2n) is 6.70. The number of rotatable bonds is 10. The van der Waals surface area contributed by atoms with Crippen molar-refractivity contribution in [1.82, 2.24) is 9.29 Å². The number of ether oxygens (including phenoxy) is 1. The number of aromatic nitrogens is 1. The summed E-state index contributed by atoms with van der Waals surface area (Å²) in [4.78, 5) is 22.0. The fraction of sp³-hybridized carbons (Fsp3) is 0.421. The molecule has 13 heteroatoms. The number of nitrogens with zero attached hydrogens (tertiary/aromatic N) is 3. The minimum Gasteiger partial charge on any atom is -0.395 e. The molecule has 2 aromatic rings. The van der Waals surface area contributed by atoms with E-state index >= 15 is 0 Å². The lowest BCUT2D eigenvalue weighted by Crippen LogP contribution is -2.33. The molecule has 0 aliphatic carbocycles. The Morgan fingerprint density at radius 3 is 2.75 bits per heavy atom. The van der Waals surface area contributed by atoms with Gasteiger partial charge in [0.25, 0.3) is 5.91 Å². The number of halogens is 1. The predicted molar refractivity (Wildman–Crippen MR) is 116 cm³/mol. The molecule has 1 aromatic heterocycles.